The Balaban J connectivity index is 1.85. The summed E-state index contributed by atoms with van der Waals surface area (Å²) in [4.78, 5) is 12.4. The lowest BCUT2D eigenvalue weighted by Crippen LogP contribution is -2.13. The maximum Gasteiger partial charge on any atom is 0.255 e. The maximum absolute atomic E-state index is 12.4. The number of amides is 1. The molecule has 1 amide bonds. The van der Waals surface area contributed by atoms with Crippen LogP contribution in [-0.2, 0) is 12.8 Å². The molecule has 0 spiro atoms. The summed E-state index contributed by atoms with van der Waals surface area (Å²) in [6.07, 6.45) is 3.33. The number of rotatable bonds is 3. The first-order chi connectivity index (χ1) is 10.2. The van der Waals surface area contributed by atoms with Crippen LogP contribution in [0.5, 0.6) is 5.75 Å². The minimum absolute atomic E-state index is 0.148. The van der Waals surface area contributed by atoms with E-state index in [9.17, 15) is 4.79 Å². The summed E-state index contributed by atoms with van der Waals surface area (Å²) in [6.45, 7) is 0. The zero-order valence-corrected chi connectivity index (χ0v) is 12.5. The van der Waals surface area contributed by atoms with Crippen LogP contribution in [0.1, 0.15) is 27.9 Å². The van der Waals surface area contributed by atoms with Gasteiger partial charge in [-0.15, -0.1) is 0 Å². The van der Waals surface area contributed by atoms with Gasteiger partial charge in [-0.2, -0.15) is 0 Å². The minimum atomic E-state index is -0.148. The average Bonchev–Trinajstić information content (AvgIpc) is 2.94. The quantitative estimate of drug-likeness (QED) is 0.927. The molecule has 0 aromatic heterocycles. The second kappa shape index (κ2) is 5.78. The molecule has 0 bridgehead atoms. The highest BCUT2D eigenvalue weighted by molar-refractivity contribution is 6.31. The van der Waals surface area contributed by atoms with Gasteiger partial charge in [0.25, 0.3) is 5.91 Å². The summed E-state index contributed by atoms with van der Waals surface area (Å²) in [5, 5.41) is 3.42. The van der Waals surface area contributed by atoms with Crippen molar-refractivity contribution in [2.45, 2.75) is 19.3 Å². The third kappa shape index (κ3) is 2.88. The number of ether oxygens (including phenoxy) is 1. The predicted molar refractivity (Wildman–Crippen MR) is 84.4 cm³/mol. The Bertz CT molecular complexity index is 697. The molecule has 0 fully saturated rings. The molecule has 0 unspecified atom stereocenters. The van der Waals surface area contributed by atoms with Gasteiger partial charge < -0.3 is 10.1 Å². The Kier molecular flexibility index (Phi) is 3.84. The van der Waals surface area contributed by atoms with E-state index in [-0.39, 0.29) is 5.91 Å². The summed E-state index contributed by atoms with van der Waals surface area (Å²) in [7, 11) is 1.56. The molecular formula is C17H16ClNO2. The van der Waals surface area contributed by atoms with Gasteiger partial charge >= 0.3 is 0 Å². The number of carbonyl (C=O) groups excluding carboxylic acids is 1. The number of fused-ring (bicyclic) bond motifs is 1. The summed E-state index contributed by atoms with van der Waals surface area (Å²) in [5.74, 6) is 0.444. The topological polar surface area (TPSA) is 38.3 Å². The van der Waals surface area contributed by atoms with Crippen molar-refractivity contribution >= 4 is 23.2 Å². The number of methoxy groups -OCH3 is 1. The summed E-state index contributed by atoms with van der Waals surface area (Å²) in [6, 6.07) is 11.1. The number of benzene rings is 2. The number of carbonyl (C=O) groups is 1. The van der Waals surface area contributed by atoms with Crippen LogP contribution in [0.4, 0.5) is 5.69 Å². The first-order valence-electron chi connectivity index (χ1n) is 6.94. The van der Waals surface area contributed by atoms with E-state index in [1.807, 2.05) is 18.2 Å². The molecule has 1 N–H and O–H groups in total. The molecular weight excluding hydrogens is 286 g/mol. The maximum atomic E-state index is 12.4. The van der Waals surface area contributed by atoms with Gasteiger partial charge in [0.1, 0.15) is 5.75 Å². The van der Waals surface area contributed by atoms with Crippen molar-refractivity contribution in [3.05, 3.63) is 58.1 Å². The molecule has 0 saturated carbocycles. The second-order valence-electron chi connectivity index (χ2n) is 5.14. The molecule has 108 valence electrons. The third-order valence-corrected chi connectivity index (χ3v) is 4.01. The van der Waals surface area contributed by atoms with Gasteiger partial charge in [0.2, 0.25) is 0 Å². The van der Waals surface area contributed by atoms with Crippen molar-refractivity contribution in [3.63, 3.8) is 0 Å². The van der Waals surface area contributed by atoms with Crippen molar-refractivity contribution in [3.8, 4) is 5.75 Å². The molecule has 0 heterocycles. The molecule has 0 atom stereocenters. The monoisotopic (exact) mass is 301 g/mol. The molecule has 2 aromatic carbocycles. The number of hydrogen-bond donors (Lipinski definition) is 1. The zero-order chi connectivity index (χ0) is 14.8. The van der Waals surface area contributed by atoms with E-state index in [2.05, 4.69) is 5.32 Å². The van der Waals surface area contributed by atoms with E-state index in [4.69, 9.17) is 16.3 Å². The van der Waals surface area contributed by atoms with Gasteiger partial charge in [0.15, 0.2) is 0 Å². The number of hydrogen-bond acceptors (Lipinski definition) is 2. The average molecular weight is 302 g/mol. The van der Waals surface area contributed by atoms with Gasteiger partial charge in [0.05, 0.1) is 12.8 Å². The largest absolute Gasteiger partial charge is 0.495 e. The first-order valence-corrected chi connectivity index (χ1v) is 7.32. The fourth-order valence-electron chi connectivity index (χ4n) is 2.69. The van der Waals surface area contributed by atoms with Crippen LogP contribution < -0.4 is 10.1 Å². The van der Waals surface area contributed by atoms with Crippen LogP contribution in [0.25, 0.3) is 0 Å². The Hall–Kier alpha value is -2.00. The highest BCUT2D eigenvalue weighted by atomic mass is 35.5. The molecule has 3 nitrogen and oxygen atoms in total. The molecule has 0 saturated heterocycles. The fraction of sp³-hybridized carbons (Fsp3) is 0.235. The van der Waals surface area contributed by atoms with E-state index in [1.54, 1.807) is 25.3 Å². The van der Waals surface area contributed by atoms with Gasteiger partial charge in [-0.05, 0) is 60.7 Å². The van der Waals surface area contributed by atoms with Crippen molar-refractivity contribution in [1.29, 1.82) is 0 Å². The highest BCUT2D eigenvalue weighted by Crippen LogP contribution is 2.29. The summed E-state index contributed by atoms with van der Waals surface area (Å²) < 4.78 is 5.24. The van der Waals surface area contributed by atoms with E-state index in [0.717, 1.165) is 12.8 Å². The fourth-order valence-corrected chi connectivity index (χ4v) is 2.86. The zero-order valence-electron chi connectivity index (χ0n) is 11.8. The standard InChI is InChI=1S/C17H16ClNO2/c1-21-16-8-7-14(18)10-15(16)19-17(20)13-6-5-11-3-2-4-12(11)9-13/h5-10H,2-4H2,1H3,(H,19,20). The molecule has 3 rings (SSSR count). The Labute approximate surface area is 128 Å². The van der Waals surface area contributed by atoms with Crippen LogP contribution in [0, 0.1) is 0 Å². The highest BCUT2D eigenvalue weighted by Gasteiger charge is 2.15. The Morgan fingerprint density at radius 2 is 1.95 bits per heavy atom. The van der Waals surface area contributed by atoms with E-state index >= 15 is 0 Å². The molecule has 21 heavy (non-hydrogen) atoms. The number of nitrogens with one attached hydrogen (secondary N) is 1. The first kappa shape index (κ1) is 14.0. The van der Waals surface area contributed by atoms with Crippen molar-refractivity contribution in [2.24, 2.45) is 0 Å². The lowest BCUT2D eigenvalue weighted by atomic mass is 10.1. The third-order valence-electron chi connectivity index (χ3n) is 3.77. The van der Waals surface area contributed by atoms with E-state index in [0.29, 0.717) is 22.0 Å². The Morgan fingerprint density at radius 1 is 1.14 bits per heavy atom. The van der Waals surface area contributed by atoms with Crippen LogP contribution in [0.15, 0.2) is 36.4 Å². The summed E-state index contributed by atoms with van der Waals surface area (Å²) >= 11 is 5.97. The van der Waals surface area contributed by atoms with Gasteiger partial charge in [-0.3, -0.25) is 4.79 Å². The normalized spacial score (nSPS) is 12.9. The number of aryl methyl sites for hydroxylation is 2. The van der Waals surface area contributed by atoms with Gasteiger partial charge in [0, 0.05) is 10.6 Å². The Morgan fingerprint density at radius 3 is 2.76 bits per heavy atom. The van der Waals surface area contributed by atoms with Crippen molar-refractivity contribution < 1.29 is 9.53 Å². The van der Waals surface area contributed by atoms with Gasteiger partial charge in [-0.25, -0.2) is 0 Å². The molecule has 1 aliphatic rings. The van der Waals surface area contributed by atoms with Gasteiger partial charge in [-0.1, -0.05) is 17.7 Å². The minimum Gasteiger partial charge on any atom is -0.495 e. The molecule has 0 radical (unpaired) electrons. The van der Waals surface area contributed by atoms with E-state index < -0.39 is 0 Å². The molecule has 0 aliphatic heterocycles. The molecule has 4 heteroatoms. The lowest BCUT2D eigenvalue weighted by Gasteiger charge is -2.11. The molecule has 1 aliphatic carbocycles. The predicted octanol–water partition coefficient (Wildman–Crippen LogP) is 4.09. The molecule has 2 aromatic rings. The number of anilines is 1. The van der Waals surface area contributed by atoms with Crippen LogP contribution >= 0.6 is 11.6 Å². The van der Waals surface area contributed by atoms with Crippen LogP contribution in [0.3, 0.4) is 0 Å². The second-order valence-corrected chi connectivity index (χ2v) is 5.57. The van der Waals surface area contributed by atoms with Crippen LogP contribution in [-0.4, -0.2) is 13.0 Å². The smallest absolute Gasteiger partial charge is 0.255 e. The van der Waals surface area contributed by atoms with E-state index in [1.165, 1.54) is 17.5 Å². The van der Waals surface area contributed by atoms with Crippen LogP contribution in [0.2, 0.25) is 5.02 Å². The lowest BCUT2D eigenvalue weighted by molar-refractivity contribution is 0.102. The number of halogens is 1. The van der Waals surface area contributed by atoms with Crippen molar-refractivity contribution in [1.82, 2.24) is 0 Å². The van der Waals surface area contributed by atoms with Crippen molar-refractivity contribution in [2.75, 3.05) is 12.4 Å². The summed E-state index contributed by atoms with van der Waals surface area (Å²) in [5.41, 5.74) is 3.88. The SMILES string of the molecule is COc1ccc(Cl)cc1NC(=O)c1ccc2c(c1)CCC2.